The molecule has 0 aliphatic carbocycles. The number of esters is 1. The van der Waals surface area contributed by atoms with Crippen LogP contribution in [0.15, 0.2) is 48.0 Å². The molecule has 0 aliphatic rings. The molecule has 6 nitrogen and oxygen atoms in total. The zero-order valence-corrected chi connectivity index (χ0v) is 14.8. The summed E-state index contributed by atoms with van der Waals surface area (Å²) in [6.07, 6.45) is 1.40. The van der Waals surface area contributed by atoms with E-state index in [2.05, 4.69) is 0 Å². The Morgan fingerprint density at radius 3 is 2.27 bits per heavy atom. The van der Waals surface area contributed by atoms with Crippen LogP contribution in [0.4, 0.5) is 0 Å². The average Bonchev–Trinajstić information content (AvgIpc) is 2.70. The summed E-state index contributed by atoms with van der Waals surface area (Å²) in [7, 11) is 4.45. The van der Waals surface area contributed by atoms with Crippen LogP contribution in [0.2, 0.25) is 0 Å². The number of hydrogen-bond acceptors (Lipinski definition) is 6. The van der Waals surface area contributed by atoms with Gasteiger partial charge in [-0.1, -0.05) is 30.3 Å². The molecule has 0 saturated heterocycles. The van der Waals surface area contributed by atoms with Gasteiger partial charge in [-0.3, -0.25) is 0 Å². The number of ether oxygens (including phenoxy) is 4. The Morgan fingerprint density at radius 2 is 1.69 bits per heavy atom. The van der Waals surface area contributed by atoms with Crippen LogP contribution in [0, 0.1) is 11.3 Å². The first kappa shape index (κ1) is 18.9. The smallest absolute Gasteiger partial charge is 0.349 e. The fourth-order valence-corrected chi connectivity index (χ4v) is 2.33. The molecule has 26 heavy (non-hydrogen) atoms. The summed E-state index contributed by atoms with van der Waals surface area (Å²) in [6.45, 7) is 0.0851. The highest BCUT2D eigenvalue weighted by atomic mass is 16.5. The molecule has 0 amide bonds. The van der Waals surface area contributed by atoms with E-state index < -0.39 is 5.97 Å². The lowest BCUT2D eigenvalue weighted by Gasteiger charge is -2.14. The second kappa shape index (κ2) is 9.14. The largest absolute Gasteiger partial charge is 0.493 e. The highest BCUT2D eigenvalue weighted by Crippen LogP contribution is 2.40. The quantitative estimate of drug-likeness (QED) is 0.431. The lowest BCUT2D eigenvalue weighted by atomic mass is 10.1. The fourth-order valence-electron chi connectivity index (χ4n) is 2.33. The van der Waals surface area contributed by atoms with Crippen LogP contribution in [-0.4, -0.2) is 27.3 Å². The van der Waals surface area contributed by atoms with Crippen LogP contribution in [0.25, 0.3) is 6.08 Å². The zero-order valence-electron chi connectivity index (χ0n) is 14.8. The van der Waals surface area contributed by atoms with Gasteiger partial charge in [-0.25, -0.2) is 4.79 Å². The number of carbonyl (C=O) groups excluding carboxylic acids is 1. The number of hydrogen-bond donors (Lipinski definition) is 0. The molecule has 0 bridgehead atoms. The van der Waals surface area contributed by atoms with Gasteiger partial charge in [0.25, 0.3) is 0 Å². The van der Waals surface area contributed by atoms with Crippen molar-refractivity contribution in [2.45, 2.75) is 6.61 Å². The molecule has 0 aromatic heterocycles. The number of rotatable bonds is 7. The molecular formula is C20H19NO5. The molecule has 0 saturated carbocycles. The predicted molar refractivity (Wildman–Crippen MR) is 95.9 cm³/mol. The lowest BCUT2D eigenvalue weighted by molar-refractivity contribution is -0.139. The van der Waals surface area contributed by atoms with Gasteiger partial charge in [0.1, 0.15) is 18.2 Å². The number of methoxy groups -OCH3 is 3. The summed E-state index contributed by atoms with van der Waals surface area (Å²) >= 11 is 0. The van der Waals surface area contributed by atoms with Crippen LogP contribution in [0.5, 0.6) is 17.2 Å². The fraction of sp³-hybridized carbons (Fsp3) is 0.200. The normalized spacial score (nSPS) is 10.6. The van der Waals surface area contributed by atoms with Crippen molar-refractivity contribution in [2.75, 3.05) is 21.3 Å². The van der Waals surface area contributed by atoms with Gasteiger partial charge in [0, 0.05) is 5.56 Å². The lowest BCUT2D eigenvalue weighted by Crippen LogP contribution is -2.07. The van der Waals surface area contributed by atoms with Gasteiger partial charge in [-0.05, 0) is 23.8 Å². The van der Waals surface area contributed by atoms with Crippen LogP contribution in [0.3, 0.4) is 0 Å². The predicted octanol–water partition coefficient (Wildman–Crippen LogP) is 3.36. The van der Waals surface area contributed by atoms with Gasteiger partial charge in [-0.15, -0.1) is 0 Å². The van der Waals surface area contributed by atoms with Gasteiger partial charge < -0.3 is 18.9 Å². The SMILES string of the molecule is COc1ccc(C=C(C#N)C(=O)OCc2ccccc2)c(OC)c1OC. The molecule has 134 valence electrons. The van der Waals surface area contributed by atoms with Crippen molar-refractivity contribution in [3.63, 3.8) is 0 Å². The molecule has 0 atom stereocenters. The summed E-state index contributed by atoms with van der Waals surface area (Å²) in [5.41, 5.74) is 1.19. The summed E-state index contributed by atoms with van der Waals surface area (Å²) in [6, 6.07) is 14.4. The highest BCUT2D eigenvalue weighted by Gasteiger charge is 2.17. The number of benzene rings is 2. The van der Waals surface area contributed by atoms with E-state index in [0.717, 1.165) is 5.56 Å². The molecule has 0 radical (unpaired) electrons. The van der Waals surface area contributed by atoms with Crippen LogP contribution >= 0.6 is 0 Å². The van der Waals surface area contributed by atoms with E-state index in [1.54, 1.807) is 12.1 Å². The van der Waals surface area contributed by atoms with Gasteiger partial charge >= 0.3 is 5.97 Å². The third-order valence-corrected chi connectivity index (χ3v) is 3.59. The van der Waals surface area contributed by atoms with Crippen LogP contribution < -0.4 is 14.2 Å². The molecule has 6 heteroatoms. The summed E-state index contributed by atoms with van der Waals surface area (Å²) < 4.78 is 21.1. The van der Waals surface area contributed by atoms with Crippen molar-refractivity contribution in [3.8, 4) is 23.3 Å². The molecule has 2 rings (SSSR count). The first-order valence-electron chi connectivity index (χ1n) is 7.76. The number of carbonyl (C=O) groups is 1. The molecule has 0 unspecified atom stereocenters. The third-order valence-electron chi connectivity index (χ3n) is 3.59. The maximum atomic E-state index is 12.2. The Hall–Kier alpha value is -3.46. The first-order chi connectivity index (χ1) is 12.6. The van der Waals surface area contributed by atoms with Gasteiger partial charge in [0.2, 0.25) is 5.75 Å². The molecule has 2 aromatic carbocycles. The van der Waals surface area contributed by atoms with Gasteiger partial charge in [0.15, 0.2) is 11.5 Å². The van der Waals surface area contributed by atoms with Crippen LogP contribution in [0.1, 0.15) is 11.1 Å². The maximum absolute atomic E-state index is 12.2. The van der Waals surface area contributed by atoms with Crippen molar-refractivity contribution >= 4 is 12.0 Å². The van der Waals surface area contributed by atoms with Crippen LogP contribution in [-0.2, 0) is 16.1 Å². The summed E-state index contributed by atoms with van der Waals surface area (Å²) in [5, 5.41) is 9.33. The highest BCUT2D eigenvalue weighted by molar-refractivity contribution is 5.98. The Kier molecular flexibility index (Phi) is 6.63. The summed E-state index contributed by atoms with van der Waals surface area (Å²) in [5.74, 6) is 0.494. The topological polar surface area (TPSA) is 77.8 Å². The third kappa shape index (κ3) is 4.33. The van der Waals surface area contributed by atoms with E-state index in [4.69, 9.17) is 18.9 Å². The first-order valence-corrected chi connectivity index (χ1v) is 7.76. The number of nitriles is 1. The second-order valence-electron chi connectivity index (χ2n) is 5.16. The molecule has 0 aliphatic heterocycles. The van der Waals surface area contributed by atoms with E-state index in [1.165, 1.54) is 27.4 Å². The van der Waals surface area contributed by atoms with E-state index >= 15 is 0 Å². The molecule has 0 spiro atoms. The van der Waals surface area contributed by atoms with Crippen molar-refractivity contribution in [1.29, 1.82) is 5.26 Å². The standard InChI is InChI=1S/C20H19NO5/c1-23-17-10-9-15(18(24-2)19(17)25-3)11-16(12-21)20(22)26-13-14-7-5-4-6-8-14/h4-11H,13H2,1-3H3. The van der Waals surface area contributed by atoms with E-state index in [1.807, 2.05) is 36.4 Å². The molecular weight excluding hydrogens is 334 g/mol. The van der Waals surface area contributed by atoms with Crippen molar-refractivity contribution in [3.05, 3.63) is 59.2 Å². The number of nitrogens with zero attached hydrogens (tertiary/aromatic N) is 1. The Balaban J connectivity index is 2.28. The minimum absolute atomic E-state index is 0.0851. The Bertz CT molecular complexity index is 837. The second-order valence-corrected chi connectivity index (χ2v) is 5.16. The molecule has 2 aromatic rings. The Labute approximate surface area is 152 Å². The van der Waals surface area contributed by atoms with E-state index in [0.29, 0.717) is 22.8 Å². The van der Waals surface area contributed by atoms with E-state index in [9.17, 15) is 10.1 Å². The van der Waals surface area contributed by atoms with Crippen molar-refractivity contribution in [1.82, 2.24) is 0 Å². The van der Waals surface area contributed by atoms with E-state index in [-0.39, 0.29) is 12.2 Å². The summed E-state index contributed by atoms with van der Waals surface area (Å²) in [4.78, 5) is 12.2. The van der Waals surface area contributed by atoms with Gasteiger partial charge in [-0.2, -0.15) is 5.26 Å². The van der Waals surface area contributed by atoms with Crippen molar-refractivity contribution < 1.29 is 23.7 Å². The maximum Gasteiger partial charge on any atom is 0.349 e. The minimum Gasteiger partial charge on any atom is -0.493 e. The zero-order chi connectivity index (χ0) is 18.9. The molecule has 0 heterocycles. The molecule has 0 N–H and O–H groups in total. The minimum atomic E-state index is -0.715. The monoisotopic (exact) mass is 353 g/mol. The Morgan fingerprint density at radius 1 is 1.00 bits per heavy atom. The average molecular weight is 353 g/mol. The van der Waals surface area contributed by atoms with Gasteiger partial charge in [0.05, 0.1) is 21.3 Å². The molecule has 0 fully saturated rings. The van der Waals surface area contributed by atoms with Crippen molar-refractivity contribution in [2.24, 2.45) is 0 Å².